The summed E-state index contributed by atoms with van der Waals surface area (Å²) in [5.74, 6) is 0.397. The van der Waals surface area contributed by atoms with Crippen molar-refractivity contribution in [3.8, 4) is 0 Å². The zero-order valence-electron chi connectivity index (χ0n) is 17.3. The molecule has 2 N–H and O–H groups in total. The quantitative estimate of drug-likeness (QED) is 0.231. The van der Waals surface area contributed by atoms with Crippen molar-refractivity contribution in [3.05, 3.63) is 48.5 Å². The molecule has 1 aromatic carbocycles. The van der Waals surface area contributed by atoms with E-state index in [1.165, 1.54) is 0 Å². The molecule has 0 radical (unpaired) electrons. The molecule has 0 saturated heterocycles. The first-order valence-corrected chi connectivity index (χ1v) is 10.9. The Morgan fingerprint density at radius 2 is 2.00 bits per heavy atom. The summed E-state index contributed by atoms with van der Waals surface area (Å²) in [5, 5.41) is 8.49. The SMILES string of the molecule is CCC(CC(CC(C)c1ccc(S(=O)O)cc1)C(=N)OCCOC)n1ccnc1. The highest BCUT2D eigenvalue weighted by Crippen LogP contribution is 2.31. The topological polar surface area (TPSA) is 97.4 Å². The van der Waals surface area contributed by atoms with Crippen LogP contribution in [0.25, 0.3) is 0 Å². The molecule has 0 spiro atoms. The summed E-state index contributed by atoms with van der Waals surface area (Å²) in [6.45, 7) is 5.05. The van der Waals surface area contributed by atoms with Gasteiger partial charge in [-0.25, -0.2) is 9.19 Å². The highest BCUT2D eigenvalue weighted by atomic mass is 32.2. The fraction of sp³-hybridized carbons (Fsp3) is 0.524. The van der Waals surface area contributed by atoms with Gasteiger partial charge in [-0.05, 0) is 42.9 Å². The lowest BCUT2D eigenvalue weighted by Crippen LogP contribution is -2.24. The second-order valence-corrected chi connectivity index (χ2v) is 8.13. The molecule has 160 valence electrons. The van der Waals surface area contributed by atoms with Gasteiger partial charge in [0.1, 0.15) is 6.61 Å². The normalized spacial score (nSPS) is 15.4. The zero-order valence-corrected chi connectivity index (χ0v) is 18.1. The van der Waals surface area contributed by atoms with E-state index in [0.717, 1.165) is 24.8 Å². The molecule has 4 unspecified atom stereocenters. The van der Waals surface area contributed by atoms with Gasteiger partial charge in [-0.2, -0.15) is 0 Å². The van der Waals surface area contributed by atoms with Crippen molar-refractivity contribution < 1.29 is 18.2 Å². The fourth-order valence-electron chi connectivity index (χ4n) is 3.45. The van der Waals surface area contributed by atoms with Gasteiger partial charge in [0.05, 0.1) is 17.8 Å². The third-order valence-electron chi connectivity index (χ3n) is 5.18. The number of nitrogens with zero attached hydrogens (tertiary/aromatic N) is 2. The van der Waals surface area contributed by atoms with Gasteiger partial charge < -0.3 is 18.6 Å². The summed E-state index contributed by atoms with van der Waals surface area (Å²) in [7, 11) is 1.61. The van der Waals surface area contributed by atoms with Gasteiger partial charge in [-0.15, -0.1) is 0 Å². The standard InChI is InChI=1S/C21H31N3O4S/c1-4-19(24-10-9-23-15-24)14-18(21(22)28-12-11-27-3)13-16(2)17-5-7-20(8-6-17)29(25)26/h5-10,15-16,18-19,22H,4,11-14H2,1-3H3,(H,25,26). The number of rotatable bonds is 12. The summed E-state index contributed by atoms with van der Waals surface area (Å²) in [6.07, 6.45) is 8.01. The van der Waals surface area contributed by atoms with Crippen LogP contribution in [0, 0.1) is 11.3 Å². The number of nitrogens with one attached hydrogen (secondary N) is 1. The second-order valence-electron chi connectivity index (χ2n) is 7.17. The number of ether oxygens (including phenoxy) is 2. The maximum atomic E-state index is 11.2. The molecule has 0 aliphatic carbocycles. The summed E-state index contributed by atoms with van der Waals surface area (Å²) in [5.41, 5.74) is 1.07. The molecule has 29 heavy (non-hydrogen) atoms. The Bertz CT molecular complexity index is 765. The lowest BCUT2D eigenvalue weighted by Gasteiger charge is -2.26. The predicted molar refractivity (Wildman–Crippen MR) is 114 cm³/mol. The maximum absolute atomic E-state index is 11.2. The van der Waals surface area contributed by atoms with Gasteiger partial charge in [-0.3, -0.25) is 5.41 Å². The molecule has 7 nitrogen and oxygen atoms in total. The number of hydrogen-bond acceptors (Lipinski definition) is 5. The van der Waals surface area contributed by atoms with Crippen molar-refractivity contribution in [2.24, 2.45) is 5.92 Å². The minimum atomic E-state index is -1.97. The van der Waals surface area contributed by atoms with Crippen molar-refractivity contribution in [2.45, 2.75) is 50.0 Å². The van der Waals surface area contributed by atoms with Crippen LogP contribution < -0.4 is 0 Å². The van der Waals surface area contributed by atoms with E-state index in [-0.39, 0.29) is 23.8 Å². The Balaban J connectivity index is 2.12. The molecule has 0 amide bonds. The summed E-state index contributed by atoms with van der Waals surface area (Å²) in [4.78, 5) is 4.54. The number of aromatic nitrogens is 2. The van der Waals surface area contributed by atoms with Gasteiger partial charge in [0, 0.05) is 31.5 Å². The first-order chi connectivity index (χ1) is 14.0. The molecule has 0 fully saturated rings. The van der Waals surface area contributed by atoms with Gasteiger partial charge in [-0.1, -0.05) is 26.0 Å². The van der Waals surface area contributed by atoms with Crippen LogP contribution in [-0.2, 0) is 20.6 Å². The van der Waals surface area contributed by atoms with Crippen molar-refractivity contribution in [1.82, 2.24) is 9.55 Å². The van der Waals surface area contributed by atoms with Crippen LogP contribution in [0.2, 0.25) is 0 Å². The third-order valence-corrected chi connectivity index (χ3v) is 5.85. The largest absolute Gasteiger partial charge is 0.478 e. The van der Waals surface area contributed by atoms with Crippen LogP contribution >= 0.6 is 0 Å². The lowest BCUT2D eigenvalue weighted by atomic mass is 9.86. The number of methoxy groups -OCH3 is 1. The lowest BCUT2D eigenvalue weighted by molar-refractivity contribution is 0.133. The second kappa shape index (κ2) is 11.8. The van der Waals surface area contributed by atoms with E-state index in [4.69, 9.17) is 14.9 Å². The Hall–Kier alpha value is -2.03. The number of benzene rings is 1. The number of hydrogen-bond donors (Lipinski definition) is 2. The summed E-state index contributed by atoms with van der Waals surface area (Å²) >= 11 is -1.97. The highest BCUT2D eigenvalue weighted by molar-refractivity contribution is 7.79. The molecule has 0 aliphatic rings. The molecule has 0 saturated carbocycles. The summed E-state index contributed by atoms with van der Waals surface area (Å²) in [6, 6.07) is 7.36. The van der Waals surface area contributed by atoms with Crippen LogP contribution in [0.1, 0.15) is 50.6 Å². The Morgan fingerprint density at radius 3 is 2.55 bits per heavy atom. The molecule has 2 rings (SSSR count). The highest BCUT2D eigenvalue weighted by Gasteiger charge is 2.24. The summed E-state index contributed by atoms with van der Waals surface area (Å²) < 4.78 is 33.2. The van der Waals surface area contributed by atoms with Crippen LogP contribution in [-0.4, -0.2) is 44.5 Å². The van der Waals surface area contributed by atoms with E-state index in [0.29, 0.717) is 18.1 Å². The maximum Gasteiger partial charge on any atom is 0.186 e. The first kappa shape index (κ1) is 23.3. The van der Waals surface area contributed by atoms with Crippen molar-refractivity contribution >= 4 is 17.0 Å². The average molecular weight is 422 g/mol. The molecule has 0 bridgehead atoms. The van der Waals surface area contributed by atoms with E-state index in [9.17, 15) is 8.76 Å². The molecular weight excluding hydrogens is 390 g/mol. The van der Waals surface area contributed by atoms with Gasteiger partial charge in [0.25, 0.3) is 0 Å². The van der Waals surface area contributed by atoms with Crippen LogP contribution in [0.3, 0.4) is 0 Å². The number of imidazole rings is 1. The Kier molecular flexibility index (Phi) is 9.50. The molecule has 8 heteroatoms. The van der Waals surface area contributed by atoms with Crippen molar-refractivity contribution in [1.29, 1.82) is 5.41 Å². The minimum Gasteiger partial charge on any atom is -0.478 e. The van der Waals surface area contributed by atoms with E-state index in [1.807, 2.05) is 24.7 Å². The van der Waals surface area contributed by atoms with Crippen molar-refractivity contribution in [3.63, 3.8) is 0 Å². The molecule has 1 aromatic heterocycles. The smallest absolute Gasteiger partial charge is 0.186 e. The van der Waals surface area contributed by atoms with E-state index in [2.05, 4.69) is 23.4 Å². The van der Waals surface area contributed by atoms with Gasteiger partial charge in [0.2, 0.25) is 0 Å². The predicted octanol–water partition coefficient (Wildman–Crippen LogP) is 4.26. The van der Waals surface area contributed by atoms with Gasteiger partial charge >= 0.3 is 0 Å². The molecule has 4 atom stereocenters. The van der Waals surface area contributed by atoms with E-state index >= 15 is 0 Å². The monoisotopic (exact) mass is 421 g/mol. The van der Waals surface area contributed by atoms with Gasteiger partial charge in [0.15, 0.2) is 17.0 Å². The Morgan fingerprint density at radius 1 is 1.28 bits per heavy atom. The first-order valence-electron chi connectivity index (χ1n) is 9.84. The molecule has 1 heterocycles. The Labute approximate surface area is 175 Å². The average Bonchev–Trinajstić information content (AvgIpc) is 3.25. The van der Waals surface area contributed by atoms with E-state index in [1.54, 1.807) is 25.4 Å². The van der Waals surface area contributed by atoms with E-state index < -0.39 is 11.1 Å². The molecular formula is C21H31N3O4S. The van der Waals surface area contributed by atoms with Crippen LogP contribution in [0.5, 0.6) is 0 Å². The molecule has 2 aromatic rings. The zero-order chi connectivity index (χ0) is 21.2. The fourth-order valence-corrected chi connectivity index (χ4v) is 3.82. The minimum absolute atomic E-state index is 0.0548. The third kappa shape index (κ3) is 7.06. The van der Waals surface area contributed by atoms with Crippen LogP contribution in [0.4, 0.5) is 0 Å². The molecule has 0 aliphatic heterocycles. The van der Waals surface area contributed by atoms with Crippen LogP contribution in [0.15, 0.2) is 47.9 Å². The van der Waals surface area contributed by atoms with Crippen molar-refractivity contribution in [2.75, 3.05) is 20.3 Å².